The zero-order valence-corrected chi connectivity index (χ0v) is 20.4. The number of hydrogen-bond donors (Lipinski definition) is 1. The molecule has 2 amide bonds. The van der Waals surface area contributed by atoms with E-state index in [-0.39, 0.29) is 12.1 Å². The fraction of sp³-hybridized carbons (Fsp3) is 0.214. The van der Waals surface area contributed by atoms with Gasteiger partial charge in [-0.25, -0.2) is 4.79 Å². The molecule has 10 heteroatoms. The third-order valence-corrected chi connectivity index (χ3v) is 6.61. The second-order valence-electron chi connectivity index (χ2n) is 9.10. The van der Waals surface area contributed by atoms with Gasteiger partial charge >= 0.3 is 12.2 Å². The Kier molecular flexibility index (Phi) is 6.59. The van der Waals surface area contributed by atoms with Crippen LogP contribution in [0, 0.1) is 11.3 Å². The summed E-state index contributed by atoms with van der Waals surface area (Å²) in [4.78, 5) is 16.6. The molecule has 1 unspecified atom stereocenters. The van der Waals surface area contributed by atoms with E-state index >= 15 is 0 Å². The van der Waals surface area contributed by atoms with Crippen LogP contribution in [0.2, 0.25) is 0 Å². The van der Waals surface area contributed by atoms with E-state index in [1.165, 1.54) is 12.1 Å². The Morgan fingerprint density at radius 3 is 2.29 bits per heavy atom. The quantitative estimate of drug-likeness (QED) is 0.365. The van der Waals surface area contributed by atoms with Crippen LogP contribution in [0.1, 0.15) is 18.1 Å². The first kappa shape index (κ1) is 25.0. The molecule has 5 rings (SSSR count). The van der Waals surface area contributed by atoms with Crippen molar-refractivity contribution in [2.75, 3.05) is 29.9 Å². The Morgan fingerprint density at radius 1 is 0.974 bits per heavy atom. The largest absolute Gasteiger partial charge is 0.416 e. The summed E-state index contributed by atoms with van der Waals surface area (Å²) in [6.07, 6.45) is -4.43. The lowest BCUT2D eigenvalue weighted by atomic mass is 10.0. The second kappa shape index (κ2) is 10.0. The molecule has 0 bridgehead atoms. The molecule has 1 aromatic heterocycles. The average Bonchev–Trinajstić information content (AvgIpc) is 2.92. The van der Waals surface area contributed by atoms with Gasteiger partial charge < -0.3 is 15.1 Å². The van der Waals surface area contributed by atoms with Gasteiger partial charge in [0.1, 0.15) is 5.69 Å². The van der Waals surface area contributed by atoms with E-state index in [0.29, 0.717) is 36.7 Å². The van der Waals surface area contributed by atoms with Crippen LogP contribution >= 0.6 is 0 Å². The van der Waals surface area contributed by atoms with Gasteiger partial charge in [-0.15, -0.1) is 10.2 Å². The van der Waals surface area contributed by atoms with Crippen LogP contribution in [0.25, 0.3) is 22.0 Å². The Hall–Kier alpha value is -4.65. The van der Waals surface area contributed by atoms with Crippen molar-refractivity contribution in [3.8, 4) is 17.3 Å². The van der Waals surface area contributed by atoms with Gasteiger partial charge in [-0.3, -0.25) is 0 Å². The minimum absolute atomic E-state index is 0.0828. The van der Waals surface area contributed by atoms with Crippen molar-refractivity contribution >= 4 is 28.3 Å². The van der Waals surface area contributed by atoms with Gasteiger partial charge in [0.25, 0.3) is 0 Å². The van der Waals surface area contributed by atoms with Crippen LogP contribution in [0.4, 0.5) is 29.5 Å². The number of aromatic nitrogens is 2. The standard InChI is InChI=1S/C28H23F3N6O/c1-18-17-36(27(38)33-22-12-10-21(11-13-22)28(29,30)31)14-15-37(18)26-24-5-3-2-4-23(24)25(34-35-26)20-8-6-19(16-32)7-9-20/h2-13,18H,14-15,17H2,1H3,(H,33,38). The molecule has 192 valence electrons. The van der Waals surface area contributed by atoms with Crippen LogP contribution in [0.5, 0.6) is 0 Å². The molecule has 2 heterocycles. The summed E-state index contributed by atoms with van der Waals surface area (Å²) in [5.74, 6) is 0.716. The highest BCUT2D eigenvalue weighted by Gasteiger charge is 2.31. The van der Waals surface area contributed by atoms with Gasteiger partial charge in [0.2, 0.25) is 0 Å². The molecule has 1 aliphatic rings. The molecule has 1 atom stereocenters. The average molecular weight is 517 g/mol. The Labute approximate surface area is 217 Å². The summed E-state index contributed by atoms with van der Waals surface area (Å²) in [5, 5.41) is 22.7. The lowest BCUT2D eigenvalue weighted by molar-refractivity contribution is -0.137. The molecule has 0 aliphatic carbocycles. The lowest BCUT2D eigenvalue weighted by Crippen LogP contribution is -2.55. The number of benzene rings is 3. The second-order valence-corrected chi connectivity index (χ2v) is 9.10. The van der Waals surface area contributed by atoms with Gasteiger partial charge in [-0.05, 0) is 43.3 Å². The van der Waals surface area contributed by atoms with Gasteiger partial charge in [0, 0.05) is 47.7 Å². The van der Waals surface area contributed by atoms with Crippen LogP contribution in [-0.2, 0) is 6.18 Å². The maximum Gasteiger partial charge on any atom is 0.416 e. The Balaban J connectivity index is 1.33. The summed E-state index contributed by atoms with van der Waals surface area (Å²) >= 11 is 0. The van der Waals surface area contributed by atoms with Crippen LogP contribution in [0.15, 0.2) is 72.8 Å². The molecule has 38 heavy (non-hydrogen) atoms. The van der Waals surface area contributed by atoms with Crippen molar-refractivity contribution in [2.24, 2.45) is 0 Å². The predicted octanol–water partition coefficient (Wildman–Crippen LogP) is 5.93. The topological polar surface area (TPSA) is 85.2 Å². The van der Waals surface area contributed by atoms with Gasteiger partial charge in [0.15, 0.2) is 5.82 Å². The highest BCUT2D eigenvalue weighted by atomic mass is 19.4. The van der Waals surface area contributed by atoms with Gasteiger partial charge in [-0.1, -0.05) is 36.4 Å². The van der Waals surface area contributed by atoms with E-state index in [2.05, 4.69) is 26.5 Å². The number of carbonyl (C=O) groups excluding carboxylic acids is 1. The first-order chi connectivity index (χ1) is 18.2. The van der Waals surface area contributed by atoms with Crippen molar-refractivity contribution in [3.63, 3.8) is 0 Å². The summed E-state index contributed by atoms with van der Waals surface area (Å²) in [6.45, 7) is 3.31. The molecule has 1 fully saturated rings. The highest BCUT2D eigenvalue weighted by molar-refractivity contribution is 6.00. The molecule has 0 radical (unpaired) electrons. The van der Waals surface area contributed by atoms with E-state index in [1.54, 1.807) is 17.0 Å². The van der Waals surface area contributed by atoms with Crippen LogP contribution in [0.3, 0.4) is 0 Å². The Morgan fingerprint density at radius 2 is 1.66 bits per heavy atom. The number of amides is 2. The normalized spacial score (nSPS) is 15.8. The van der Waals surface area contributed by atoms with E-state index in [0.717, 1.165) is 34.2 Å². The first-order valence-corrected chi connectivity index (χ1v) is 12.0. The van der Waals surface area contributed by atoms with E-state index in [9.17, 15) is 18.0 Å². The molecule has 0 saturated carbocycles. The van der Waals surface area contributed by atoms with E-state index in [4.69, 9.17) is 5.26 Å². The van der Waals surface area contributed by atoms with E-state index < -0.39 is 11.7 Å². The van der Waals surface area contributed by atoms with E-state index in [1.807, 2.05) is 43.3 Å². The molecule has 1 aliphatic heterocycles. The number of alkyl halides is 3. The number of urea groups is 1. The third-order valence-electron chi connectivity index (χ3n) is 6.61. The van der Waals surface area contributed by atoms with Gasteiger partial charge in [-0.2, -0.15) is 18.4 Å². The van der Waals surface area contributed by atoms with Gasteiger partial charge in [0.05, 0.1) is 17.2 Å². The highest BCUT2D eigenvalue weighted by Crippen LogP contribution is 2.33. The molecule has 3 aromatic carbocycles. The van der Waals surface area contributed by atoms with Crippen molar-refractivity contribution in [3.05, 3.63) is 83.9 Å². The number of nitriles is 1. The van der Waals surface area contributed by atoms with Crippen molar-refractivity contribution in [1.29, 1.82) is 5.26 Å². The fourth-order valence-corrected chi connectivity index (χ4v) is 4.62. The number of nitrogens with zero attached hydrogens (tertiary/aromatic N) is 5. The maximum atomic E-state index is 12.8. The zero-order chi connectivity index (χ0) is 26.9. The lowest BCUT2D eigenvalue weighted by Gasteiger charge is -2.40. The molecule has 7 nitrogen and oxygen atoms in total. The molecule has 4 aromatic rings. The summed E-state index contributed by atoms with van der Waals surface area (Å²) in [6, 6.07) is 21.1. The predicted molar refractivity (Wildman–Crippen MR) is 139 cm³/mol. The van der Waals surface area contributed by atoms with Crippen LogP contribution in [-0.4, -0.2) is 46.8 Å². The number of piperazine rings is 1. The fourth-order valence-electron chi connectivity index (χ4n) is 4.62. The number of nitrogens with one attached hydrogen (secondary N) is 1. The number of anilines is 2. The molecule has 1 N–H and O–H groups in total. The number of rotatable bonds is 3. The number of carbonyl (C=O) groups is 1. The van der Waals surface area contributed by atoms with Crippen molar-refractivity contribution in [2.45, 2.75) is 19.1 Å². The first-order valence-electron chi connectivity index (χ1n) is 12.0. The third kappa shape index (κ3) is 4.95. The minimum Gasteiger partial charge on any atom is -0.348 e. The van der Waals surface area contributed by atoms with Crippen molar-refractivity contribution < 1.29 is 18.0 Å². The maximum absolute atomic E-state index is 12.8. The Bertz CT molecular complexity index is 1510. The SMILES string of the molecule is CC1CN(C(=O)Nc2ccc(C(F)(F)F)cc2)CCN1c1nnc(-c2ccc(C#N)cc2)c2ccccc12. The molecule has 1 saturated heterocycles. The monoisotopic (exact) mass is 516 g/mol. The molecular weight excluding hydrogens is 493 g/mol. The summed E-state index contributed by atoms with van der Waals surface area (Å²) < 4.78 is 38.4. The van der Waals surface area contributed by atoms with Crippen LogP contribution < -0.4 is 10.2 Å². The molecular formula is C28H23F3N6O. The molecule has 0 spiro atoms. The zero-order valence-electron chi connectivity index (χ0n) is 20.4. The number of fused-ring (bicyclic) bond motifs is 1. The summed E-state index contributed by atoms with van der Waals surface area (Å²) in [5.41, 5.74) is 1.68. The minimum atomic E-state index is -4.43. The number of halogens is 3. The summed E-state index contributed by atoms with van der Waals surface area (Å²) in [7, 11) is 0. The van der Waals surface area contributed by atoms with Crippen molar-refractivity contribution in [1.82, 2.24) is 15.1 Å². The number of hydrogen-bond acceptors (Lipinski definition) is 5. The smallest absolute Gasteiger partial charge is 0.348 e.